The minimum absolute atomic E-state index is 0.0479. The third-order valence-corrected chi connectivity index (χ3v) is 6.03. The predicted octanol–water partition coefficient (Wildman–Crippen LogP) is 6.26. The van der Waals surface area contributed by atoms with E-state index in [1.165, 1.54) is 6.07 Å². The molecule has 1 atom stereocenters. The van der Waals surface area contributed by atoms with Crippen LogP contribution in [0, 0.1) is 5.82 Å². The SMILES string of the molecule is CC(C)N(C(=O)OCC1c2ccccc2-c2ccccc21)C(C(=O)O)c1cc(F)cc(Cl)c1. The van der Waals surface area contributed by atoms with Crippen LogP contribution >= 0.6 is 11.6 Å². The van der Waals surface area contributed by atoms with E-state index in [-0.39, 0.29) is 23.1 Å². The highest BCUT2D eigenvalue weighted by Gasteiger charge is 2.36. The lowest BCUT2D eigenvalue weighted by molar-refractivity contribution is -0.143. The Morgan fingerprint density at radius 1 is 1.03 bits per heavy atom. The standard InChI is InChI=1S/C26H23ClFNO4/c1-15(2)29(24(25(30)31)16-11-17(27)13-18(28)12-16)26(32)33-14-23-21-9-5-3-7-19(21)20-8-4-6-10-22(20)23/h3-13,15,23-24H,14H2,1-2H3,(H,30,31). The fraction of sp³-hybridized carbons (Fsp3) is 0.231. The zero-order valence-corrected chi connectivity index (χ0v) is 18.9. The van der Waals surface area contributed by atoms with Gasteiger partial charge in [0, 0.05) is 17.0 Å². The zero-order chi connectivity index (χ0) is 23.7. The van der Waals surface area contributed by atoms with Crippen LogP contribution in [-0.4, -0.2) is 34.7 Å². The summed E-state index contributed by atoms with van der Waals surface area (Å²) >= 11 is 5.94. The van der Waals surface area contributed by atoms with Crippen molar-refractivity contribution in [3.8, 4) is 11.1 Å². The molecule has 0 saturated heterocycles. The molecule has 0 heterocycles. The first-order valence-corrected chi connectivity index (χ1v) is 11.0. The molecular formula is C26H23ClFNO4. The van der Waals surface area contributed by atoms with Gasteiger partial charge in [0.15, 0.2) is 6.04 Å². The molecule has 0 fully saturated rings. The summed E-state index contributed by atoms with van der Waals surface area (Å²) in [5.74, 6) is -2.15. The number of benzene rings is 3. The van der Waals surface area contributed by atoms with Gasteiger partial charge in [-0.3, -0.25) is 4.90 Å². The number of rotatable bonds is 6. The van der Waals surface area contributed by atoms with Crippen LogP contribution in [0.25, 0.3) is 11.1 Å². The van der Waals surface area contributed by atoms with E-state index in [4.69, 9.17) is 16.3 Å². The Labute approximate surface area is 196 Å². The van der Waals surface area contributed by atoms with Gasteiger partial charge in [-0.2, -0.15) is 0 Å². The van der Waals surface area contributed by atoms with Crippen molar-refractivity contribution in [3.05, 3.63) is 94.3 Å². The van der Waals surface area contributed by atoms with E-state index in [0.717, 1.165) is 39.3 Å². The number of aliphatic carboxylic acids is 1. The largest absolute Gasteiger partial charge is 0.479 e. The normalized spacial score (nSPS) is 13.4. The van der Waals surface area contributed by atoms with E-state index in [2.05, 4.69) is 0 Å². The van der Waals surface area contributed by atoms with Gasteiger partial charge in [-0.15, -0.1) is 0 Å². The summed E-state index contributed by atoms with van der Waals surface area (Å²) in [5, 5.41) is 9.95. The Kier molecular flexibility index (Phi) is 6.38. The maximum atomic E-state index is 13.9. The molecular weight excluding hydrogens is 445 g/mol. The van der Waals surface area contributed by atoms with Crippen LogP contribution in [0.2, 0.25) is 5.02 Å². The topological polar surface area (TPSA) is 66.8 Å². The molecule has 0 bridgehead atoms. The van der Waals surface area contributed by atoms with Gasteiger partial charge in [-0.05, 0) is 59.9 Å². The Balaban J connectivity index is 1.61. The third kappa shape index (κ3) is 4.44. The molecule has 1 aliphatic carbocycles. The first-order valence-electron chi connectivity index (χ1n) is 10.6. The van der Waals surface area contributed by atoms with Gasteiger partial charge in [0.05, 0.1) is 0 Å². The highest BCUT2D eigenvalue weighted by molar-refractivity contribution is 6.30. The number of hydrogen-bond acceptors (Lipinski definition) is 3. The molecule has 4 rings (SSSR count). The fourth-order valence-electron chi connectivity index (χ4n) is 4.44. The highest BCUT2D eigenvalue weighted by atomic mass is 35.5. The average molecular weight is 468 g/mol. The number of amides is 1. The van der Waals surface area contributed by atoms with E-state index in [9.17, 15) is 19.1 Å². The Morgan fingerprint density at radius 2 is 1.61 bits per heavy atom. The van der Waals surface area contributed by atoms with Crippen molar-refractivity contribution in [2.24, 2.45) is 0 Å². The number of ether oxygens (including phenoxy) is 1. The zero-order valence-electron chi connectivity index (χ0n) is 18.2. The van der Waals surface area contributed by atoms with E-state index in [1.54, 1.807) is 13.8 Å². The average Bonchev–Trinajstić information content (AvgIpc) is 3.08. The maximum Gasteiger partial charge on any atom is 0.411 e. The van der Waals surface area contributed by atoms with Crippen molar-refractivity contribution in [2.75, 3.05) is 6.61 Å². The quantitative estimate of drug-likeness (QED) is 0.464. The monoisotopic (exact) mass is 467 g/mol. The molecule has 1 N–H and O–H groups in total. The number of nitrogens with zero attached hydrogens (tertiary/aromatic N) is 1. The molecule has 0 aromatic heterocycles. The van der Waals surface area contributed by atoms with Crippen LogP contribution < -0.4 is 0 Å². The molecule has 3 aromatic carbocycles. The molecule has 0 spiro atoms. The van der Waals surface area contributed by atoms with Crippen LogP contribution in [0.1, 0.15) is 42.5 Å². The number of fused-ring (bicyclic) bond motifs is 3. The number of carbonyl (C=O) groups excluding carboxylic acids is 1. The second-order valence-corrected chi connectivity index (χ2v) is 8.69. The number of hydrogen-bond donors (Lipinski definition) is 1. The van der Waals surface area contributed by atoms with E-state index < -0.39 is 30.0 Å². The van der Waals surface area contributed by atoms with Gasteiger partial charge in [0.2, 0.25) is 0 Å². The molecule has 5 nitrogen and oxygen atoms in total. The summed E-state index contributed by atoms with van der Waals surface area (Å²) in [6.07, 6.45) is -0.792. The Morgan fingerprint density at radius 3 is 2.12 bits per heavy atom. The maximum absolute atomic E-state index is 13.9. The number of carboxylic acid groups (broad SMARTS) is 1. The molecule has 170 valence electrons. The minimum Gasteiger partial charge on any atom is -0.479 e. The van der Waals surface area contributed by atoms with Gasteiger partial charge < -0.3 is 9.84 Å². The van der Waals surface area contributed by atoms with Gasteiger partial charge in [-0.1, -0.05) is 60.1 Å². The second kappa shape index (κ2) is 9.24. The van der Waals surface area contributed by atoms with Crippen molar-refractivity contribution in [2.45, 2.75) is 31.8 Å². The van der Waals surface area contributed by atoms with Crippen molar-refractivity contribution in [1.82, 2.24) is 4.90 Å². The molecule has 33 heavy (non-hydrogen) atoms. The van der Waals surface area contributed by atoms with Crippen LogP contribution in [0.3, 0.4) is 0 Å². The lowest BCUT2D eigenvalue weighted by Crippen LogP contribution is -2.44. The lowest BCUT2D eigenvalue weighted by atomic mass is 9.98. The summed E-state index contributed by atoms with van der Waals surface area (Å²) in [6, 6.07) is 17.4. The van der Waals surface area contributed by atoms with Gasteiger partial charge in [-0.25, -0.2) is 14.0 Å². The predicted molar refractivity (Wildman–Crippen MR) is 124 cm³/mol. The molecule has 0 radical (unpaired) electrons. The Hall–Kier alpha value is -3.38. The van der Waals surface area contributed by atoms with Crippen molar-refractivity contribution in [1.29, 1.82) is 0 Å². The summed E-state index contributed by atoms with van der Waals surface area (Å²) in [4.78, 5) is 26.4. The van der Waals surface area contributed by atoms with Crippen molar-refractivity contribution in [3.63, 3.8) is 0 Å². The summed E-state index contributed by atoms with van der Waals surface area (Å²) < 4.78 is 19.6. The molecule has 0 saturated carbocycles. The van der Waals surface area contributed by atoms with Crippen molar-refractivity contribution < 1.29 is 23.8 Å². The minimum atomic E-state index is -1.45. The molecule has 3 aromatic rings. The number of carbonyl (C=O) groups is 2. The second-order valence-electron chi connectivity index (χ2n) is 8.25. The van der Waals surface area contributed by atoms with Crippen LogP contribution in [0.4, 0.5) is 9.18 Å². The smallest absolute Gasteiger partial charge is 0.411 e. The van der Waals surface area contributed by atoms with Crippen LogP contribution in [-0.2, 0) is 9.53 Å². The lowest BCUT2D eigenvalue weighted by Gasteiger charge is -2.32. The van der Waals surface area contributed by atoms with Gasteiger partial charge in [0.25, 0.3) is 0 Å². The molecule has 0 aliphatic heterocycles. The van der Waals surface area contributed by atoms with Gasteiger partial charge >= 0.3 is 12.1 Å². The Bertz CT molecular complexity index is 1150. The summed E-state index contributed by atoms with van der Waals surface area (Å²) in [6.45, 7) is 3.41. The fourth-order valence-corrected chi connectivity index (χ4v) is 4.67. The van der Waals surface area contributed by atoms with Gasteiger partial charge in [0.1, 0.15) is 12.4 Å². The highest BCUT2D eigenvalue weighted by Crippen LogP contribution is 2.44. The molecule has 1 amide bonds. The van der Waals surface area contributed by atoms with E-state index in [1.807, 2.05) is 48.5 Å². The van der Waals surface area contributed by atoms with Crippen LogP contribution in [0.5, 0.6) is 0 Å². The molecule has 1 unspecified atom stereocenters. The third-order valence-electron chi connectivity index (χ3n) is 5.82. The summed E-state index contributed by atoms with van der Waals surface area (Å²) in [7, 11) is 0. The number of halogens is 2. The van der Waals surface area contributed by atoms with E-state index in [0.29, 0.717) is 0 Å². The van der Waals surface area contributed by atoms with Crippen LogP contribution in [0.15, 0.2) is 66.7 Å². The van der Waals surface area contributed by atoms with E-state index >= 15 is 0 Å². The first-order chi connectivity index (χ1) is 15.8. The number of carboxylic acids is 1. The summed E-state index contributed by atoms with van der Waals surface area (Å²) in [5.41, 5.74) is 4.35. The first kappa shape index (κ1) is 22.8. The molecule has 1 aliphatic rings. The van der Waals surface area contributed by atoms with Crippen molar-refractivity contribution >= 4 is 23.7 Å². The molecule has 7 heteroatoms.